The molecule has 0 aliphatic carbocycles. The summed E-state index contributed by atoms with van der Waals surface area (Å²) in [6.07, 6.45) is -1.26. The van der Waals surface area contributed by atoms with E-state index in [0.717, 1.165) is 6.07 Å². The van der Waals surface area contributed by atoms with Crippen LogP contribution in [0.3, 0.4) is 0 Å². The predicted molar refractivity (Wildman–Crippen MR) is 48.4 cm³/mol. The van der Waals surface area contributed by atoms with Crippen molar-refractivity contribution in [2.45, 2.75) is 19.4 Å². The number of hydrogen-bond donors (Lipinski definition) is 1. The fourth-order valence-corrected chi connectivity index (χ4v) is 1.24. The molecule has 0 amide bonds. The molecule has 1 atom stereocenters. The lowest BCUT2D eigenvalue weighted by atomic mass is 10.1. The molecule has 4 nitrogen and oxygen atoms in total. The average Bonchev–Trinajstić information content (AvgIpc) is 2.12. The van der Waals surface area contributed by atoms with Crippen LogP contribution in [-0.2, 0) is 6.42 Å². The molecule has 0 aromatic heterocycles. The molecule has 15 heavy (non-hydrogen) atoms. The molecule has 0 aliphatic rings. The van der Waals surface area contributed by atoms with Gasteiger partial charge in [-0.25, -0.2) is 8.78 Å². The Morgan fingerprint density at radius 1 is 1.53 bits per heavy atom. The monoisotopic (exact) mass is 217 g/mol. The maximum atomic E-state index is 13.2. The molecule has 0 saturated carbocycles. The van der Waals surface area contributed by atoms with Crippen molar-refractivity contribution in [1.82, 2.24) is 0 Å². The van der Waals surface area contributed by atoms with Gasteiger partial charge in [-0.3, -0.25) is 10.1 Å². The first-order chi connectivity index (χ1) is 6.93. The minimum atomic E-state index is -1.27. The second-order valence-electron chi connectivity index (χ2n) is 3.17. The molecule has 6 heteroatoms. The van der Waals surface area contributed by atoms with E-state index in [0.29, 0.717) is 6.07 Å². The first kappa shape index (κ1) is 11.5. The third-order valence-electron chi connectivity index (χ3n) is 1.87. The molecule has 1 aromatic carbocycles. The number of halogens is 2. The summed E-state index contributed by atoms with van der Waals surface area (Å²) in [5, 5.41) is 19.5. The largest absolute Gasteiger partial charge is 0.393 e. The van der Waals surface area contributed by atoms with Crippen molar-refractivity contribution in [2.24, 2.45) is 0 Å². The van der Waals surface area contributed by atoms with Crippen LogP contribution in [-0.4, -0.2) is 16.1 Å². The third-order valence-corrected chi connectivity index (χ3v) is 1.87. The molecule has 0 heterocycles. The lowest BCUT2D eigenvalue weighted by molar-refractivity contribution is -0.385. The molecule has 1 N–H and O–H groups in total. The van der Waals surface area contributed by atoms with Gasteiger partial charge in [0.25, 0.3) is 5.69 Å². The van der Waals surface area contributed by atoms with Crippen LogP contribution in [0, 0.1) is 21.7 Å². The minimum Gasteiger partial charge on any atom is -0.393 e. The van der Waals surface area contributed by atoms with Crippen molar-refractivity contribution in [2.75, 3.05) is 0 Å². The SMILES string of the molecule is CC(O)Cc1c([N+](=O)[O-])ccc(F)c1F. The van der Waals surface area contributed by atoms with Gasteiger partial charge in [0, 0.05) is 12.5 Å². The van der Waals surface area contributed by atoms with Gasteiger partial charge in [0.05, 0.1) is 16.6 Å². The first-order valence-corrected chi connectivity index (χ1v) is 4.22. The van der Waals surface area contributed by atoms with Gasteiger partial charge >= 0.3 is 0 Å². The highest BCUT2D eigenvalue weighted by atomic mass is 19.2. The van der Waals surface area contributed by atoms with Gasteiger partial charge in [0.1, 0.15) is 0 Å². The zero-order valence-electron chi connectivity index (χ0n) is 7.91. The Kier molecular flexibility index (Phi) is 3.31. The standard InChI is InChI=1S/C9H9F2NO3/c1-5(13)4-6-8(12(14)15)3-2-7(10)9(6)11/h2-3,5,13H,4H2,1H3. The van der Waals surface area contributed by atoms with Crippen molar-refractivity contribution in [1.29, 1.82) is 0 Å². The van der Waals surface area contributed by atoms with E-state index in [1.807, 2.05) is 0 Å². The van der Waals surface area contributed by atoms with Crippen LogP contribution in [0.4, 0.5) is 14.5 Å². The second kappa shape index (κ2) is 4.31. The van der Waals surface area contributed by atoms with Crippen molar-refractivity contribution >= 4 is 5.69 Å². The fraction of sp³-hybridized carbons (Fsp3) is 0.333. The van der Waals surface area contributed by atoms with E-state index in [1.54, 1.807) is 0 Å². The number of benzene rings is 1. The molecule has 0 saturated heterocycles. The third kappa shape index (κ3) is 2.47. The Morgan fingerprint density at radius 2 is 2.13 bits per heavy atom. The number of hydrogen-bond acceptors (Lipinski definition) is 3. The van der Waals surface area contributed by atoms with Crippen molar-refractivity contribution < 1.29 is 18.8 Å². The second-order valence-corrected chi connectivity index (χ2v) is 3.17. The lowest BCUT2D eigenvalue weighted by Gasteiger charge is -2.06. The van der Waals surface area contributed by atoms with E-state index in [-0.39, 0.29) is 6.42 Å². The molecule has 0 bridgehead atoms. The summed E-state index contributed by atoms with van der Waals surface area (Å²) in [5.74, 6) is -2.43. The molecular formula is C9H9F2NO3. The highest BCUT2D eigenvalue weighted by Crippen LogP contribution is 2.24. The predicted octanol–water partition coefficient (Wildman–Crippen LogP) is 1.80. The number of nitro groups is 1. The smallest absolute Gasteiger partial charge is 0.275 e. The zero-order chi connectivity index (χ0) is 11.6. The molecule has 0 radical (unpaired) electrons. The summed E-state index contributed by atoms with van der Waals surface area (Å²) in [7, 11) is 0. The normalized spacial score (nSPS) is 12.5. The van der Waals surface area contributed by atoms with Crippen LogP contribution in [0.5, 0.6) is 0 Å². The van der Waals surface area contributed by atoms with Crippen molar-refractivity contribution in [3.8, 4) is 0 Å². The summed E-state index contributed by atoms with van der Waals surface area (Å²) in [4.78, 5) is 9.70. The quantitative estimate of drug-likeness (QED) is 0.620. The Morgan fingerprint density at radius 3 is 2.60 bits per heavy atom. The van der Waals surface area contributed by atoms with E-state index in [9.17, 15) is 18.9 Å². The number of aliphatic hydroxyl groups excluding tert-OH is 1. The maximum absolute atomic E-state index is 13.2. The van der Waals surface area contributed by atoms with E-state index in [2.05, 4.69) is 0 Å². The van der Waals surface area contributed by atoms with E-state index in [4.69, 9.17) is 5.11 Å². The number of nitrogens with zero attached hydrogens (tertiary/aromatic N) is 1. The van der Waals surface area contributed by atoms with Crippen molar-refractivity contribution in [3.63, 3.8) is 0 Å². The molecule has 1 rings (SSSR count). The Balaban J connectivity index is 3.28. The minimum absolute atomic E-state index is 0.292. The molecule has 0 aliphatic heterocycles. The average molecular weight is 217 g/mol. The summed E-state index contributed by atoms with van der Waals surface area (Å²) < 4.78 is 26.0. The number of nitro benzene ring substituents is 1. The molecule has 1 unspecified atom stereocenters. The molecule has 0 fully saturated rings. The van der Waals surface area contributed by atoms with Crippen LogP contribution in [0.2, 0.25) is 0 Å². The zero-order valence-corrected chi connectivity index (χ0v) is 7.91. The summed E-state index contributed by atoms with van der Waals surface area (Å²) in [6, 6.07) is 1.58. The van der Waals surface area contributed by atoms with Gasteiger partial charge in [-0.2, -0.15) is 0 Å². The first-order valence-electron chi connectivity index (χ1n) is 4.22. The van der Waals surface area contributed by atoms with Gasteiger partial charge in [0.15, 0.2) is 11.6 Å². The lowest BCUT2D eigenvalue weighted by Crippen LogP contribution is -2.10. The topological polar surface area (TPSA) is 63.4 Å². The van der Waals surface area contributed by atoms with Gasteiger partial charge in [-0.1, -0.05) is 0 Å². The van der Waals surface area contributed by atoms with Crippen LogP contribution in [0.15, 0.2) is 12.1 Å². The highest BCUT2D eigenvalue weighted by molar-refractivity contribution is 5.41. The maximum Gasteiger partial charge on any atom is 0.275 e. The van der Waals surface area contributed by atoms with Crippen LogP contribution >= 0.6 is 0 Å². The number of rotatable bonds is 3. The van der Waals surface area contributed by atoms with E-state index in [1.165, 1.54) is 6.92 Å². The molecular weight excluding hydrogens is 208 g/mol. The van der Waals surface area contributed by atoms with Gasteiger partial charge in [-0.15, -0.1) is 0 Å². The van der Waals surface area contributed by atoms with Crippen LogP contribution in [0.25, 0.3) is 0 Å². The van der Waals surface area contributed by atoms with Crippen LogP contribution < -0.4 is 0 Å². The Labute approximate surface area is 84.3 Å². The van der Waals surface area contributed by atoms with Crippen LogP contribution in [0.1, 0.15) is 12.5 Å². The molecule has 0 spiro atoms. The Hall–Kier alpha value is -1.56. The summed E-state index contributed by atoms with van der Waals surface area (Å²) >= 11 is 0. The van der Waals surface area contributed by atoms with E-state index < -0.39 is 33.9 Å². The molecule has 1 aromatic rings. The van der Waals surface area contributed by atoms with Crippen molar-refractivity contribution in [3.05, 3.63) is 39.4 Å². The van der Waals surface area contributed by atoms with Gasteiger partial charge in [0.2, 0.25) is 0 Å². The van der Waals surface area contributed by atoms with Gasteiger partial charge < -0.3 is 5.11 Å². The summed E-state index contributed by atoms with van der Waals surface area (Å²) in [5.41, 5.74) is -0.926. The highest BCUT2D eigenvalue weighted by Gasteiger charge is 2.22. The Bertz CT molecular complexity index is 393. The van der Waals surface area contributed by atoms with E-state index >= 15 is 0 Å². The van der Waals surface area contributed by atoms with Gasteiger partial charge in [-0.05, 0) is 13.0 Å². The number of aliphatic hydroxyl groups is 1. The fourth-order valence-electron chi connectivity index (χ4n) is 1.24. The summed E-state index contributed by atoms with van der Waals surface area (Å²) in [6.45, 7) is 1.34. The molecule has 82 valence electrons.